The third-order valence-corrected chi connectivity index (χ3v) is 10.6. The Hall–Kier alpha value is -5.02. The highest BCUT2D eigenvalue weighted by Gasteiger charge is 2.40. The summed E-state index contributed by atoms with van der Waals surface area (Å²) < 4.78 is 7.48. The van der Waals surface area contributed by atoms with Gasteiger partial charge in [-0.05, 0) is 53.1 Å². The van der Waals surface area contributed by atoms with E-state index < -0.39 is 0 Å². The highest BCUT2D eigenvalue weighted by molar-refractivity contribution is 6.13. The lowest BCUT2D eigenvalue weighted by Gasteiger charge is -2.35. The molecule has 0 radical (unpaired) electrons. The van der Waals surface area contributed by atoms with Crippen LogP contribution >= 0.6 is 0 Å². The molecular formula is C40H31N3. The number of para-hydroxylation sites is 4. The third kappa shape index (κ3) is 2.64. The molecule has 2 aliphatic rings. The van der Waals surface area contributed by atoms with Crippen LogP contribution in [0, 0.1) is 0 Å². The predicted molar refractivity (Wildman–Crippen MR) is 179 cm³/mol. The molecule has 5 heterocycles. The van der Waals surface area contributed by atoms with E-state index in [1.807, 2.05) is 0 Å². The van der Waals surface area contributed by atoms with Gasteiger partial charge in [0.25, 0.3) is 0 Å². The van der Waals surface area contributed by atoms with Crippen molar-refractivity contribution in [3.05, 3.63) is 138 Å². The van der Waals surface area contributed by atoms with Crippen LogP contribution in [0.15, 0.2) is 115 Å². The summed E-state index contributed by atoms with van der Waals surface area (Å²) >= 11 is 0. The van der Waals surface area contributed by atoms with Crippen LogP contribution < -0.4 is 0 Å². The molecular weight excluding hydrogens is 522 g/mol. The molecule has 5 aromatic carbocycles. The summed E-state index contributed by atoms with van der Waals surface area (Å²) in [7, 11) is 0. The Morgan fingerprint density at radius 2 is 1.12 bits per heavy atom. The van der Waals surface area contributed by atoms with Gasteiger partial charge in [0.2, 0.25) is 0 Å². The zero-order valence-corrected chi connectivity index (χ0v) is 24.8. The maximum Gasteiger partial charge on any atom is 0.0763 e. The van der Waals surface area contributed by atoms with Gasteiger partial charge in [-0.15, -0.1) is 0 Å². The fourth-order valence-corrected chi connectivity index (χ4v) is 8.61. The summed E-state index contributed by atoms with van der Waals surface area (Å²) in [6.07, 6.45) is 2.37. The number of hydrogen-bond donors (Lipinski definition) is 0. The second-order valence-electron chi connectivity index (χ2n) is 13.5. The molecule has 0 bridgehead atoms. The van der Waals surface area contributed by atoms with Crippen molar-refractivity contribution in [3.8, 4) is 17.1 Å². The van der Waals surface area contributed by atoms with Crippen molar-refractivity contribution in [3.63, 3.8) is 0 Å². The minimum atomic E-state index is -0.157. The maximum atomic E-state index is 2.53. The van der Waals surface area contributed by atoms with Gasteiger partial charge in [0.15, 0.2) is 0 Å². The van der Waals surface area contributed by atoms with Crippen molar-refractivity contribution in [1.82, 2.24) is 13.7 Å². The molecule has 8 aromatic rings. The van der Waals surface area contributed by atoms with E-state index >= 15 is 0 Å². The molecule has 3 heteroatoms. The summed E-state index contributed by atoms with van der Waals surface area (Å²) in [5.74, 6) is 0. The quantitative estimate of drug-likeness (QED) is 0.192. The average molecular weight is 554 g/mol. The minimum Gasteiger partial charge on any atom is -0.317 e. The van der Waals surface area contributed by atoms with E-state index in [1.54, 1.807) is 0 Å². The van der Waals surface area contributed by atoms with Gasteiger partial charge in [-0.25, -0.2) is 0 Å². The molecule has 0 N–H and O–H groups in total. The average Bonchev–Trinajstić information content (AvgIpc) is 3.72. The standard InChI is InChI=1S/C40H31N3/c1-39(2)30-16-11-14-27-25-12-5-9-18-33(25)43(36(27)30)35-21-20-24(22-31(35)39)42-32-17-8-6-13-26(32)28-23-41-34-19-10-7-15-29(34)40(3,4)38(41)37(28)42/h5-23H,1-4H3. The highest BCUT2D eigenvalue weighted by atomic mass is 15.1. The summed E-state index contributed by atoms with van der Waals surface area (Å²) in [6, 6.07) is 40.7. The first kappa shape index (κ1) is 23.5. The first-order chi connectivity index (χ1) is 20.9. The van der Waals surface area contributed by atoms with Crippen LogP contribution in [-0.4, -0.2) is 13.7 Å². The van der Waals surface area contributed by atoms with Crippen molar-refractivity contribution in [2.75, 3.05) is 0 Å². The van der Waals surface area contributed by atoms with E-state index in [-0.39, 0.29) is 10.8 Å². The molecule has 0 spiro atoms. The van der Waals surface area contributed by atoms with Crippen molar-refractivity contribution in [2.24, 2.45) is 0 Å². The Bertz CT molecular complexity index is 2510. The molecule has 0 aliphatic carbocycles. The fourth-order valence-electron chi connectivity index (χ4n) is 8.61. The van der Waals surface area contributed by atoms with E-state index in [0.29, 0.717) is 0 Å². The summed E-state index contributed by atoms with van der Waals surface area (Å²) in [4.78, 5) is 0. The third-order valence-electron chi connectivity index (χ3n) is 10.6. The molecule has 10 rings (SSSR count). The number of aromatic nitrogens is 3. The number of fused-ring (bicyclic) bond motifs is 12. The number of rotatable bonds is 1. The topological polar surface area (TPSA) is 14.8 Å². The lowest BCUT2D eigenvalue weighted by Crippen LogP contribution is -2.26. The van der Waals surface area contributed by atoms with Crippen molar-refractivity contribution in [1.29, 1.82) is 0 Å². The molecule has 0 fully saturated rings. The molecule has 3 nitrogen and oxygen atoms in total. The fraction of sp³-hybridized carbons (Fsp3) is 0.150. The largest absolute Gasteiger partial charge is 0.317 e. The van der Waals surface area contributed by atoms with Gasteiger partial charge >= 0.3 is 0 Å². The molecule has 0 unspecified atom stereocenters. The van der Waals surface area contributed by atoms with Crippen molar-refractivity contribution in [2.45, 2.75) is 38.5 Å². The number of hydrogen-bond acceptors (Lipinski definition) is 0. The van der Waals surface area contributed by atoms with Crippen LogP contribution in [0.4, 0.5) is 0 Å². The van der Waals surface area contributed by atoms with Crippen LogP contribution in [0.5, 0.6) is 0 Å². The maximum absolute atomic E-state index is 2.53. The second-order valence-corrected chi connectivity index (χ2v) is 13.5. The molecule has 0 atom stereocenters. The van der Waals surface area contributed by atoms with Gasteiger partial charge in [0, 0.05) is 49.9 Å². The second kappa shape index (κ2) is 7.48. The Morgan fingerprint density at radius 1 is 0.465 bits per heavy atom. The molecule has 0 saturated carbocycles. The van der Waals surface area contributed by atoms with E-state index in [2.05, 4.69) is 157 Å². The van der Waals surface area contributed by atoms with E-state index in [4.69, 9.17) is 0 Å². The minimum absolute atomic E-state index is 0.119. The lowest BCUT2D eigenvalue weighted by molar-refractivity contribution is 0.629. The lowest BCUT2D eigenvalue weighted by atomic mass is 9.74. The summed E-state index contributed by atoms with van der Waals surface area (Å²) in [6.45, 7) is 9.54. The molecule has 0 saturated heterocycles. The van der Waals surface area contributed by atoms with Crippen LogP contribution in [0.2, 0.25) is 0 Å². The molecule has 3 aromatic heterocycles. The van der Waals surface area contributed by atoms with Gasteiger partial charge in [-0.1, -0.05) is 100 Å². The number of benzene rings is 5. The van der Waals surface area contributed by atoms with Gasteiger partial charge < -0.3 is 13.7 Å². The van der Waals surface area contributed by atoms with Gasteiger partial charge in [0.05, 0.1) is 33.4 Å². The first-order valence-electron chi connectivity index (χ1n) is 15.3. The summed E-state index contributed by atoms with van der Waals surface area (Å²) in [5, 5.41) is 5.26. The van der Waals surface area contributed by atoms with E-state index in [0.717, 1.165) is 0 Å². The van der Waals surface area contributed by atoms with Crippen LogP contribution in [0.1, 0.15) is 50.1 Å². The zero-order chi connectivity index (χ0) is 28.8. The zero-order valence-electron chi connectivity index (χ0n) is 24.8. The predicted octanol–water partition coefficient (Wildman–Crippen LogP) is 9.95. The monoisotopic (exact) mass is 553 g/mol. The smallest absolute Gasteiger partial charge is 0.0763 e. The van der Waals surface area contributed by atoms with Gasteiger partial charge in [-0.2, -0.15) is 0 Å². The molecule has 206 valence electrons. The van der Waals surface area contributed by atoms with Gasteiger partial charge in [0.1, 0.15) is 0 Å². The Labute approximate surface area is 250 Å². The molecule has 43 heavy (non-hydrogen) atoms. The molecule has 0 amide bonds. The Balaban J connectivity index is 1.32. The summed E-state index contributed by atoms with van der Waals surface area (Å²) in [5.41, 5.74) is 14.2. The number of nitrogens with zero attached hydrogens (tertiary/aromatic N) is 3. The SMILES string of the molecule is CC1(C)c2cc(-n3c4ccccc4c4cn5c(c43)C(C)(C)c3ccccc3-5)ccc2-n2c3ccccc3c3cccc1c32. The normalized spacial score (nSPS) is 15.8. The van der Waals surface area contributed by atoms with Crippen molar-refractivity contribution < 1.29 is 0 Å². The Morgan fingerprint density at radius 3 is 1.93 bits per heavy atom. The van der Waals surface area contributed by atoms with Crippen molar-refractivity contribution >= 4 is 43.6 Å². The van der Waals surface area contributed by atoms with E-state index in [9.17, 15) is 0 Å². The van der Waals surface area contributed by atoms with Crippen LogP contribution in [0.3, 0.4) is 0 Å². The Kier molecular flexibility index (Phi) is 4.10. The van der Waals surface area contributed by atoms with Crippen LogP contribution in [0.25, 0.3) is 60.7 Å². The highest BCUT2D eigenvalue weighted by Crippen LogP contribution is 2.51. The van der Waals surface area contributed by atoms with Gasteiger partial charge in [-0.3, -0.25) is 0 Å². The van der Waals surface area contributed by atoms with E-state index in [1.165, 1.54) is 83.1 Å². The first-order valence-corrected chi connectivity index (χ1v) is 15.3. The molecule has 2 aliphatic heterocycles. The van der Waals surface area contributed by atoms with Crippen LogP contribution in [-0.2, 0) is 10.8 Å².